The van der Waals surface area contributed by atoms with E-state index < -0.39 is 0 Å². The van der Waals surface area contributed by atoms with Gasteiger partial charge in [-0.05, 0) is 37.0 Å². The maximum absolute atomic E-state index is 12.5. The van der Waals surface area contributed by atoms with Gasteiger partial charge in [0.1, 0.15) is 11.6 Å². The quantitative estimate of drug-likeness (QED) is 0.665. The number of carbonyl (C=O) groups excluding carboxylic acids is 2. The van der Waals surface area contributed by atoms with Crippen LogP contribution in [0.25, 0.3) is 5.70 Å². The number of amides is 1. The van der Waals surface area contributed by atoms with Crippen LogP contribution in [0.5, 0.6) is 0 Å². The SMILES string of the molecule is C=C(N=C/C(Cl)=C(\N)c1ccc2c(c1)C(=O)N(CC(C)=O)C2)NC1CCOCC1. The normalized spacial score (nSPS) is 18.0. The van der Waals surface area contributed by atoms with E-state index in [1.165, 1.54) is 18.0 Å². The zero-order valence-electron chi connectivity index (χ0n) is 16.4. The van der Waals surface area contributed by atoms with Gasteiger partial charge in [-0.15, -0.1) is 0 Å². The summed E-state index contributed by atoms with van der Waals surface area (Å²) in [6.45, 7) is 7.33. The van der Waals surface area contributed by atoms with E-state index in [0.717, 1.165) is 31.6 Å². The van der Waals surface area contributed by atoms with E-state index in [0.29, 0.717) is 29.2 Å². The summed E-state index contributed by atoms with van der Waals surface area (Å²) in [6, 6.07) is 5.64. The highest BCUT2D eigenvalue weighted by molar-refractivity contribution is 6.42. The van der Waals surface area contributed by atoms with Gasteiger partial charge in [0.05, 0.1) is 17.3 Å². The number of benzene rings is 1. The van der Waals surface area contributed by atoms with Crippen LogP contribution < -0.4 is 11.1 Å². The van der Waals surface area contributed by atoms with Crippen molar-refractivity contribution in [3.8, 4) is 0 Å². The van der Waals surface area contributed by atoms with Gasteiger partial charge in [0.25, 0.3) is 5.91 Å². The first-order chi connectivity index (χ1) is 13.8. The first-order valence-corrected chi connectivity index (χ1v) is 9.87. The summed E-state index contributed by atoms with van der Waals surface area (Å²) in [4.78, 5) is 29.6. The van der Waals surface area contributed by atoms with Crippen molar-refractivity contribution in [1.82, 2.24) is 10.2 Å². The van der Waals surface area contributed by atoms with Crippen molar-refractivity contribution in [2.75, 3.05) is 19.8 Å². The number of nitrogens with two attached hydrogens (primary N) is 1. The van der Waals surface area contributed by atoms with E-state index in [4.69, 9.17) is 22.1 Å². The van der Waals surface area contributed by atoms with Crippen LogP contribution in [0.3, 0.4) is 0 Å². The van der Waals surface area contributed by atoms with E-state index in [-0.39, 0.29) is 29.3 Å². The summed E-state index contributed by atoms with van der Waals surface area (Å²) < 4.78 is 5.33. The maximum atomic E-state index is 12.5. The van der Waals surface area contributed by atoms with E-state index in [1.807, 2.05) is 12.1 Å². The minimum absolute atomic E-state index is 0.0559. The van der Waals surface area contributed by atoms with E-state index in [2.05, 4.69) is 16.9 Å². The number of hydrogen-bond acceptors (Lipinski definition) is 6. The molecule has 2 aliphatic rings. The zero-order valence-corrected chi connectivity index (χ0v) is 17.2. The molecule has 2 aliphatic heterocycles. The molecule has 0 unspecified atom stereocenters. The zero-order chi connectivity index (χ0) is 21.0. The van der Waals surface area contributed by atoms with Crippen LogP contribution in [0.4, 0.5) is 0 Å². The van der Waals surface area contributed by atoms with Crippen molar-refractivity contribution in [2.45, 2.75) is 32.4 Å². The van der Waals surface area contributed by atoms with E-state index in [1.54, 1.807) is 6.07 Å². The fourth-order valence-electron chi connectivity index (χ4n) is 3.38. The molecule has 0 bridgehead atoms. The molecule has 1 saturated heterocycles. The van der Waals surface area contributed by atoms with Gasteiger partial charge in [0, 0.05) is 37.6 Å². The lowest BCUT2D eigenvalue weighted by molar-refractivity contribution is -0.117. The summed E-state index contributed by atoms with van der Waals surface area (Å²) >= 11 is 6.31. The highest BCUT2D eigenvalue weighted by Gasteiger charge is 2.28. The fraction of sp³-hybridized carbons (Fsp3) is 0.381. The Morgan fingerprint density at radius 3 is 2.86 bits per heavy atom. The van der Waals surface area contributed by atoms with Crippen molar-refractivity contribution >= 4 is 35.2 Å². The van der Waals surface area contributed by atoms with Crippen molar-refractivity contribution < 1.29 is 14.3 Å². The fourth-order valence-corrected chi connectivity index (χ4v) is 3.54. The number of rotatable bonds is 7. The van der Waals surface area contributed by atoms with Gasteiger partial charge in [-0.2, -0.15) is 0 Å². The molecule has 1 amide bonds. The predicted molar refractivity (Wildman–Crippen MR) is 113 cm³/mol. The number of aliphatic imine (C=N–C) groups is 1. The molecule has 8 heteroatoms. The summed E-state index contributed by atoms with van der Waals surface area (Å²) in [6.07, 6.45) is 3.26. The molecule has 0 saturated carbocycles. The van der Waals surface area contributed by atoms with E-state index >= 15 is 0 Å². The summed E-state index contributed by atoms with van der Waals surface area (Å²) in [5.74, 6) is 0.273. The number of Topliss-reactive ketones (excluding diaryl/α,β-unsaturated/α-hetero) is 1. The Morgan fingerprint density at radius 1 is 1.45 bits per heavy atom. The van der Waals surface area contributed by atoms with Crippen molar-refractivity contribution in [2.24, 2.45) is 10.7 Å². The van der Waals surface area contributed by atoms with Crippen LogP contribution in [0.1, 0.15) is 41.3 Å². The topological polar surface area (TPSA) is 97.0 Å². The molecule has 0 radical (unpaired) electrons. The minimum Gasteiger partial charge on any atom is -0.397 e. The third kappa shape index (κ3) is 5.25. The number of hydrogen-bond donors (Lipinski definition) is 2. The maximum Gasteiger partial charge on any atom is 0.254 e. The highest BCUT2D eigenvalue weighted by Crippen LogP contribution is 2.26. The average molecular weight is 417 g/mol. The van der Waals surface area contributed by atoms with Gasteiger partial charge in [0.15, 0.2) is 0 Å². The molecule has 7 nitrogen and oxygen atoms in total. The van der Waals surface area contributed by atoms with Crippen molar-refractivity contribution in [3.63, 3.8) is 0 Å². The molecular formula is C21H25ClN4O3. The van der Waals surface area contributed by atoms with Crippen LogP contribution >= 0.6 is 11.6 Å². The number of carbonyl (C=O) groups is 2. The second-order valence-corrected chi connectivity index (χ2v) is 7.64. The highest BCUT2D eigenvalue weighted by atomic mass is 35.5. The molecule has 1 aromatic carbocycles. The number of nitrogens with zero attached hydrogens (tertiary/aromatic N) is 2. The molecule has 2 heterocycles. The number of ketones is 1. The van der Waals surface area contributed by atoms with Crippen LogP contribution in [-0.2, 0) is 16.1 Å². The number of ether oxygens (including phenoxy) is 1. The molecule has 0 aliphatic carbocycles. The Bertz CT molecular complexity index is 888. The summed E-state index contributed by atoms with van der Waals surface area (Å²) in [5, 5.41) is 3.50. The Kier molecular flexibility index (Phi) is 6.71. The van der Waals surface area contributed by atoms with Crippen LogP contribution in [-0.4, -0.2) is 48.6 Å². The lowest BCUT2D eigenvalue weighted by atomic mass is 10.0. The van der Waals surface area contributed by atoms with Crippen LogP contribution in [0, 0.1) is 0 Å². The molecule has 1 fully saturated rings. The molecule has 3 rings (SSSR count). The van der Waals surface area contributed by atoms with Crippen molar-refractivity contribution in [1.29, 1.82) is 0 Å². The van der Waals surface area contributed by atoms with Gasteiger partial charge >= 0.3 is 0 Å². The monoisotopic (exact) mass is 416 g/mol. The molecule has 1 aromatic rings. The lowest BCUT2D eigenvalue weighted by Crippen LogP contribution is -2.33. The van der Waals surface area contributed by atoms with Crippen molar-refractivity contribution in [3.05, 3.63) is 52.3 Å². The summed E-state index contributed by atoms with van der Waals surface area (Å²) in [5.41, 5.74) is 8.52. The first-order valence-electron chi connectivity index (χ1n) is 9.49. The minimum atomic E-state index is -0.177. The van der Waals surface area contributed by atoms with Crippen LogP contribution in [0.15, 0.2) is 40.6 Å². The number of fused-ring (bicyclic) bond motifs is 1. The molecule has 0 aromatic heterocycles. The smallest absolute Gasteiger partial charge is 0.254 e. The Balaban J connectivity index is 1.69. The Morgan fingerprint density at radius 2 is 2.17 bits per heavy atom. The molecule has 0 atom stereocenters. The molecular weight excluding hydrogens is 392 g/mol. The summed E-state index contributed by atoms with van der Waals surface area (Å²) in [7, 11) is 0. The number of allylic oxidation sites excluding steroid dienone is 1. The first kappa shape index (κ1) is 21.1. The molecule has 3 N–H and O–H groups in total. The third-order valence-electron chi connectivity index (χ3n) is 4.90. The van der Waals surface area contributed by atoms with Gasteiger partial charge < -0.3 is 20.7 Å². The molecule has 154 valence electrons. The van der Waals surface area contributed by atoms with Gasteiger partial charge in [-0.3, -0.25) is 9.59 Å². The average Bonchev–Trinajstić information content (AvgIpc) is 3.00. The predicted octanol–water partition coefficient (Wildman–Crippen LogP) is 2.41. The standard InChI is InChI=1S/C21H25ClN4O3/c1-13(27)11-26-12-16-4-3-15(9-18(16)21(26)28)20(23)19(22)10-24-14(2)25-17-5-7-29-8-6-17/h3-4,9-10,17,25H,2,5-8,11-12,23H2,1H3/b20-19+,24-10?. The molecule has 0 spiro atoms. The van der Waals surface area contributed by atoms with Gasteiger partial charge in [0.2, 0.25) is 0 Å². The number of nitrogens with one attached hydrogen (secondary N) is 1. The van der Waals surface area contributed by atoms with Gasteiger partial charge in [-0.25, -0.2) is 4.99 Å². The third-order valence-corrected chi connectivity index (χ3v) is 5.20. The van der Waals surface area contributed by atoms with Crippen LogP contribution in [0.2, 0.25) is 0 Å². The lowest BCUT2D eigenvalue weighted by Gasteiger charge is -2.23. The largest absolute Gasteiger partial charge is 0.397 e. The second kappa shape index (κ2) is 9.24. The Hall–Kier alpha value is -2.64. The molecule has 29 heavy (non-hydrogen) atoms. The van der Waals surface area contributed by atoms with Gasteiger partial charge in [-0.1, -0.05) is 30.3 Å². The number of halogens is 1. The Labute approximate surface area is 175 Å². The second-order valence-electron chi connectivity index (χ2n) is 7.23. The van der Waals surface area contributed by atoms with E-state index in [9.17, 15) is 9.59 Å².